The highest BCUT2D eigenvalue weighted by Gasteiger charge is 2.17. The fourth-order valence-corrected chi connectivity index (χ4v) is 2.66. The molecular weight excluding hydrogens is 256 g/mol. The predicted octanol–water partition coefficient (Wildman–Crippen LogP) is 2.56. The van der Waals surface area contributed by atoms with Gasteiger partial charge in [0.2, 0.25) is 0 Å². The molecule has 20 heavy (non-hydrogen) atoms. The first-order valence-corrected chi connectivity index (χ1v) is 6.78. The third kappa shape index (κ3) is 2.23. The Hall–Kier alpha value is -2.07. The summed E-state index contributed by atoms with van der Waals surface area (Å²) in [5.41, 5.74) is 1.62. The summed E-state index contributed by atoms with van der Waals surface area (Å²) in [5.74, 6) is 0.717. The van der Waals surface area contributed by atoms with Gasteiger partial charge in [-0.1, -0.05) is 12.1 Å². The van der Waals surface area contributed by atoms with E-state index in [-0.39, 0.29) is 18.0 Å². The van der Waals surface area contributed by atoms with Gasteiger partial charge in [-0.2, -0.15) is 0 Å². The van der Waals surface area contributed by atoms with E-state index in [0.29, 0.717) is 30.4 Å². The maximum atomic E-state index is 12.1. The molecule has 0 saturated heterocycles. The van der Waals surface area contributed by atoms with E-state index in [1.807, 2.05) is 18.2 Å². The second-order valence-corrected chi connectivity index (χ2v) is 5.08. The molecule has 0 amide bonds. The number of fused-ring (bicyclic) bond motifs is 3. The number of hydrogen-bond donors (Lipinski definition) is 2. The zero-order chi connectivity index (χ0) is 14.1. The Morgan fingerprint density at radius 2 is 2.05 bits per heavy atom. The van der Waals surface area contributed by atoms with Crippen LogP contribution in [0.1, 0.15) is 29.7 Å². The van der Waals surface area contributed by atoms with Gasteiger partial charge >= 0.3 is 5.63 Å². The molecule has 0 aliphatic heterocycles. The van der Waals surface area contributed by atoms with Crippen LogP contribution in [0, 0.1) is 0 Å². The SMILES string of the molecule is O=c1oc2c(c3ccc(CCCO)cc13)CCC(O)=C2. The molecule has 1 aromatic heterocycles. The molecule has 1 aliphatic rings. The van der Waals surface area contributed by atoms with Crippen LogP contribution in [0.5, 0.6) is 0 Å². The normalized spacial score (nSPS) is 14.2. The van der Waals surface area contributed by atoms with Crippen LogP contribution >= 0.6 is 0 Å². The quantitative estimate of drug-likeness (QED) is 0.900. The van der Waals surface area contributed by atoms with Crippen LogP contribution in [0.15, 0.2) is 33.2 Å². The van der Waals surface area contributed by atoms with Crippen LogP contribution < -0.4 is 5.63 Å². The summed E-state index contributed by atoms with van der Waals surface area (Å²) >= 11 is 0. The second-order valence-electron chi connectivity index (χ2n) is 5.08. The Morgan fingerprint density at radius 1 is 1.20 bits per heavy atom. The first-order valence-electron chi connectivity index (χ1n) is 6.78. The molecule has 3 rings (SSSR count). The van der Waals surface area contributed by atoms with Crippen molar-refractivity contribution in [1.29, 1.82) is 0 Å². The van der Waals surface area contributed by atoms with Crippen molar-refractivity contribution in [2.45, 2.75) is 25.7 Å². The first-order chi connectivity index (χ1) is 9.69. The Balaban J connectivity index is 2.16. The molecule has 1 heterocycles. The highest BCUT2D eigenvalue weighted by atomic mass is 16.4. The maximum Gasteiger partial charge on any atom is 0.344 e. The zero-order valence-corrected chi connectivity index (χ0v) is 11.1. The van der Waals surface area contributed by atoms with Crippen molar-refractivity contribution < 1.29 is 14.6 Å². The molecule has 0 unspecified atom stereocenters. The van der Waals surface area contributed by atoms with Crippen LogP contribution in [0.25, 0.3) is 16.8 Å². The summed E-state index contributed by atoms with van der Waals surface area (Å²) in [7, 11) is 0. The fraction of sp³-hybridized carbons (Fsp3) is 0.312. The van der Waals surface area contributed by atoms with Crippen LogP contribution in [0.3, 0.4) is 0 Å². The molecule has 2 aromatic rings. The predicted molar refractivity (Wildman–Crippen MR) is 76.8 cm³/mol. The summed E-state index contributed by atoms with van der Waals surface area (Å²) in [6.07, 6.45) is 4.19. The van der Waals surface area contributed by atoms with Gasteiger partial charge in [0.05, 0.1) is 11.1 Å². The van der Waals surface area contributed by atoms with Gasteiger partial charge in [0.15, 0.2) is 0 Å². The van der Waals surface area contributed by atoms with Crippen molar-refractivity contribution in [2.24, 2.45) is 0 Å². The standard InChI is InChI=1S/C16H16O4/c17-7-1-2-10-3-5-12-13-6-4-11(18)9-15(13)20-16(19)14(12)8-10/h3,5,8-9,17-18H,1-2,4,6-7H2. The van der Waals surface area contributed by atoms with E-state index < -0.39 is 0 Å². The van der Waals surface area contributed by atoms with E-state index in [9.17, 15) is 9.90 Å². The average molecular weight is 272 g/mol. The minimum Gasteiger partial charge on any atom is -0.512 e. The Labute approximate surface area is 116 Å². The van der Waals surface area contributed by atoms with E-state index >= 15 is 0 Å². The molecule has 4 nitrogen and oxygen atoms in total. The molecular formula is C16H16O4. The van der Waals surface area contributed by atoms with Crippen LogP contribution in [0.4, 0.5) is 0 Å². The van der Waals surface area contributed by atoms with Gasteiger partial charge in [-0.25, -0.2) is 4.79 Å². The molecule has 2 N–H and O–H groups in total. The highest BCUT2D eigenvalue weighted by molar-refractivity contribution is 5.87. The molecule has 104 valence electrons. The molecule has 0 spiro atoms. The number of aliphatic hydroxyl groups excluding tert-OH is 2. The van der Waals surface area contributed by atoms with Crippen LogP contribution in [0.2, 0.25) is 0 Å². The van der Waals surface area contributed by atoms with Gasteiger partial charge in [-0.05, 0) is 36.3 Å². The number of aryl methyl sites for hydroxylation is 2. The summed E-state index contributed by atoms with van der Waals surface area (Å²) in [4.78, 5) is 12.1. The largest absolute Gasteiger partial charge is 0.512 e. The number of aliphatic hydroxyl groups is 2. The topological polar surface area (TPSA) is 70.7 Å². The average Bonchev–Trinajstić information content (AvgIpc) is 2.45. The van der Waals surface area contributed by atoms with Crippen molar-refractivity contribution >= 4 is 16.8 Å². The van der Waals surface area contributed by atoms with Crippen molar-refractivity contribution in [1.82, 2.24) is 0 Å². The lowest BCUT2D eigenvalue weighted by Gasteiger charge is -2.14. The van der Waals surface area contributed by atoms with Crippen molar-refractivity contribution in [3.05, 3.63) is 51.3 Å². The molecule has 0 fully saturated rings. The Morgan fingerprint density at radius 3 is 2.85 bits per heavy atom. The maximum absolute atomic E-state index is 12.1. The van der Waals surface area contributed by atoms with E-state index in [2.05, 4.69) is 0 Å². The summed E-state index contributed by atoms with van der Waals surface area (Å²) in [5, 5.41) is 19.9. The molecule has 1 aliphatic carbocycles. The molecule has 4 heteroatoms. The Kier molecular flexibility index (Phi) is 3.32. The lowest BCUT2D eigenvalue weighted by molar-refractivity contribution is 0.288. The lowest BCUT2D eigenvalue weighted by Crippen LogP contribution is -2.08. The number of benzene rings is 1. The van der Waals surface area contributed by atoms with E-state index in [1.165, 1.54) is 6.08 Å². The Bertz CT molecular complexity index is 740. The minimum atomic E-state index is -0.379. The summed E-state index contributed by atoms with van der Waals surface area (Å²) in [6, 6.07) is 5.76. The highest BCUT2D eigenvalue weighted by Crippen LogP contribution is 2.28. The second kappa shape index (κ2) is 5.13. The molecule has 0 atom stereocenters. The number of rotatable bonds is 3. The van der Waals surface area contributed by atoms with E-state index in [0.717, 1.165) is 22.9 Å². The zero-order valence-electron chi connectivity index (χ0n) is 11.1. The molecule has 1 aromatic carbocycles. The first kappa shape index (κ1) is 12.9. The summed E-state index contributed by atoms with van der Waals surface area (Å²) < 4.78 is 5.30. The van der Waals surface area contributed by atoms with Crippen molar-refractivity contribution in [3.63, 3.8) is 0 Å². The van der Waals surface area contributed by atoms with Crippen molar-refractivity contribution in [2.75, 3.05) is 6.61 Å². The van der Waals surface area contributed by atoms with Gasteiger partial charge in [-0.15, -0.1) is 0 Å². The van der Waals surface area contributed by atoms with Gasteiger partial charge in [0, 0.05) is 24.7 Å². The van der Waals surface area contributed by atoms with Crippen molar-refractivity contribution in [3.8, 4) is 0 Å². The molecule has 0 saturated carbocycles. The number of allylic oxidation sites excluding steroid dienone is 1. The van der Waals surface area contributed by atoms with Crippen LogP contribution in [-0.2, 0) is 12.8 Å². The lowest BCUT2D eigenvalue weighted by atomic mass is 9.95. The minimum absolute atomic E-state index is 0.140. The van der Waals surface area contributed by atoms with E-state index in [1.54, 1.807) is 0 Å². The van der Waals surface area contributed by atoms with Gasteiger partial charge < -0.3 is 14.6 Å². The number of hydrogen-bond acceptors (Lipinski definition) is 4. The summed E-state index contributed by atoms with van der Waals surface area (Å²) in [6.45, 7) is 0.140. The molecule has 0 bridgehead atoms. The van der Waals surface area contributed by atoms with Gasteiger partial charge in [0.1, 0.15) is 5.76 Å². The van der Waals surface area contributed by atoms with Gasteiger partial charge in [-0.3, -0.25) is 0 Å². The fourth-order valence-electron chi connectivity index (χ4n) is 2.66. The third-order valence-electron chi connectivity index (χ3n) is 3.68. The third-order valence-corrected chi connectivity index (χ3v) is 3.68. The monoisotopic (exact) mass is 272 g/mol. The van der Waals surface area contributed by atoms with E-state index in [4.69, 9.17) is 9.52 Å². The molecule has 0 radical (unpaired) electrons. The van der Waals surface area contributed by atoms with Crippen LogP contribution in [-0.4, -0.2) is 16.8 Å². The smallest absolute Gasteiger partial charge is 0.344 e. The van der Waals surface area contributed by atoms with Gasteiger partial charge in [0.25, 0.3) is 0 Å².